The van der Waals surface area contributed by atoms with Gasteiger partial charge in [-0.2, -0.15) is 0 Å². The summed E-state index contributed by atoms with van der Waals surface area (Å²) in [6.45, 7) is 0.997. The summed E-state index contributed by atoms with van der Waals surface area (Å²) in [5.41, 5.74) is 0.783. The maximum atomic E-state index is 14.5. The van der Waals surface area contributed by atoms with Crippen LogP contribution in [0, 0.1) is 23.5 Å². The van der Waals surface area contributed by atoms with E-state index < -0.39 is 11.6 Å². The Morgan fingerprint density at radius 3 is 2.20 bits per heavy atom. The van der Waals surface area contributed by atoms with Gasteiger partial charge in [-0.1, -0.05) is 12.1 Å². The Labute approximate surface area is 204 Å². The molecule has 2 aromatic carbocycles. The molecule has 1 saturated heterocycles. The molecule has 1 aliphatic carbocycles. The number of hydrogen-bond donors (Lipinski definition) is 0. The number of carbonyl (C=O) groups excluding carboxylic acids is 2. The van der Waals surface area contributed by atoms with E-state index in [9.17, 15) is 18.4 Å². The van der Waals surface area contributed by atoms with E-state index in [1.807, 2.05) is 0 Å². The first kappa shape index (κ1) is 24.9. The largest absolute Gasteiger partial charge is 0.496 e. The second kappa shape index (κ2) is 10.6. The van der Waals surface area contributed by atoms with Gasteiger partial charge in [-0.25, -0.2) is 8.78 Å². The van der Waals surface area contributed by atoms with Gasteiger partial charge < -0.3 is 19.3 Å². The van der Waals surface area contributed by atoms with Crippen LogP contribution in [0.1, 0.15) is 41.6 Å². The van der Waals surface area contributed by atoms with Crippen molar-refractivity contribution in [3.8, 4) is 11.5 Å². The van der Waals surface area contributed by atoms with Crippen molar-refractivity contribution >= 4 is 11.8 Å². The van der Waals surface area contributed by atoms with Crippen LogP contribution in [0.3, 0.4) is 0 Å². The standard InChI is InChI=1S/C27H32F2N2O4/c1-30(26(32)18-7-8-18)22(15-19-9-10-20(28)16-21(19)29)17-11-13-31(14-12-17)27(33)25-23(34-2)5-4-6-24(25)35-3/h4-6,9-10,16-18,22H,7-8,11-15H2,1-3H3/t22-/m1/s1. The molecule has 8 heteroatoms. The Hall–Kier alpha value is -3.16. The molecule has 2 amide bonds. The Morgan fingerprint density at radius 1 is 1.03 bits per heavy atom. The van der Waals surface area contributed by atoms with Gasteiger partial charge in [-0.05, 0) is 61.8 Å². The van der Waals surface area contributed by atoms with Gasteiger partial charge in [0.1, 0.15) is 28.7 Å². The average molecular weight is 487 g/mol. The number of carbonyl (C=O) groups is 2. The van der Waals surface area contributed by atoms with Crippen LogP contribution < -0.4 is 9.47 Å². The molecule has 6 nitrogen and oxygen atoms in total. The van der Waals surface area contributed by atoms with Gasteiger partial charge in [0.15, 0.2) is 0 Å². The maximum Gasteiger partial charge on any atom is 0.261 e. The smallest absolute Gasteiger partial charge is 0.261 e. The predicted molar refractivity (Wildman–Crippen MR) is 128 cm³/mol. The number of nitrogens with zero attached hydrogens (tertiary/aromatic N) is 2. The zero-order valence-electron chi connectivity index (χ0n) is 20.4. The molecule has 1 saturated carbocycles. The lowest BCUT2D eigenvalue weighted by atomic mass is 9.84. The van der Waals surface area contributed by atoms with Crippen LogP contribution in [0.15, 0.2) is 36.4 Å². The van der Waals surface area contributed by atoms with Crippen molar-refractivity contribution in [3.63, 3.8) is 0 Å². The predicted octanol–water partition coefficient (Wildman–Crippen LogP) is 4.31. The van der Waals surface area contributed by atoms with E-state index in [1.54, 1.807) is 35.0 Å². The number of likely N-dealkylation sites (tertiary alicyclic amines) is 1. The van der Waals surface area contributed by atoms with Crippen molar-refractivity contribution in [2.45, 2.75) is 38.1 Å². The van der Waals surface area contributed by atoms with Gasteiger partial charge >= 0.3 is 0 Å². The first-order valence-corrected chi connectivity index (χ1v) is 12.0. The summed E-state index contributed by atoms with van der Waals surface area (Å²) in [5, 5.41) is 0. The van der Waals surface area contributed by atoms with Crippen molar-refractivity contribution in [1.29, 1.82) is 0 Å². The monoisotopic (exact) mass is 486 g/mol. The topological polar surface area (TPSA) is 59.1 Å². The molecule has 1 atom stereocenters. The molecule has 0 spiro atoms. The Kier molecular flexibility index (Phi) is 7.57. The number of amides is 2. The third kappa shape index (κ3) is 5.41. The van der Waals surface area contributed by atoms with Crippen LogP contribution in [0.4, 0.5) is 8.78 Å². The molecule has 0 unspecified atom stereocenters. The molecular weight excluding hydrogens is 454 g/mol. The lowest BCUT2D eigenvalue weighted by Gasteiger charge is -2.40. The van der Waals surface area contributed by atoms with Crippen LogP contribution in [-0.2, 0) is 11.2 Å². The number of methoxy groups -OCH3 is 2. The third-order valence-electron chi connectivity index (χ3n) is 7.23. The van der Waals surface area contributed by atoms with Crippen LogP contribution in [-0.4, -0.2) is 62.0 Å². The van der Waals surface area contributed by atoms with E-state index in [4.69, 9.17) is 9.47 Å². The highest BCUT2D eigenvalue weighted by atomic mass is 19.1. The van der Waals surface area contributed by atoms with Gasteiger partial charge in [0, 0.05) is 38.2 Å². The molecule has 0 aromatic heterocycles. The summed E-state index contributed by atoms with van der Waals surface area (Å²) in [6, 6.07) is 8.59. The number of piperidine rings is 1. The molecule has 35 heavy (non-hydrogen) atoms. The molecule has 4 rings (SSSR count). The Bertz CT molecular complexity index is 1060. The molecule has 0 radical (unpaired) electrons. The summed E-state index contributed by atoms with van der Waals surface area (Å²) in [5.74, 6) is -0.277. The second-order valence-electron chi connectivity index (χ2n) is 9.40. The first-order valence-electron chi connectivity index (χ1n) is 12.0. The SMILES string of the molecule is COc1cccc(OC)c1C(=O)N1CCC([C@@H](Cc2ccc(F)cc2F)N(C)C(=O)C2CC2)CC1. The fourth-order valence-electron chi connectivity index (χ4n) is 5.02. The fourth-order valence-corrected chi connectivity index (χ4v) is 5.02. The number of ether oxygens (including phenoxy) is 2. The highest BCUT2D eigenvalue weighted by Crippen LogP contribution is 2.35. The lowest BCUT2D eigenvalue weighted by Crippen LogP contribution is -2.49. The highest BCUT2D eigenvalue weighted by Gasteiger charge is 2.39. The molecule has 2 aromatic rings. The molecule has 2 aliphatic rings. The van der Waals surface area contributed by atoms with E-state index in [1.165, 1.54) is 26.4 Å². The molecule has 1 aliphatic heterocycles. The number of hydrogen-bond acceptors (Lipinski definition) is 4. The Morgan fingerprint density at radius 2 is 1.66 bits per heavy atom. The zero-order valence-corrected chi connectivity index (χ0v) is 20.4. The lowest BCUT2D eigenvalue weighted by molar-refractivity contribution is -0.134. The number of halogens is 2. The molecule has 0 N–H and O–H groups in total. The van der Waals surface area contributed by atoms with Gasteiger partial charge in [-0.15, -0.1) is 0 Å². The van der Waals surface area contributed by atoms with Crippen molar-refractivity contribution < 1.29 is 27.8 Å². The highest BCUT2D eigenvalue weighted by molar-refractivity contribution is 5.99. The van der Waals surface area contributed by atoms with E-state index >= 15 is 0 Å². The van der Waals surface area contributed by atoms with Crippen molar-refractivity contribution in [2.75, 3.05) is 34.4 Å². The van der Waals surface area contributed by atoms with E-state index in [2.05, 4.69) is 0 Å². The van der Waals surface area contributed by atoms with Crippen LogP contribution >= 0.6 is 0 Å². The molecule has 1 heterocycles. The van der Waals surface area contributed by atoms with Gasteiger partial charge in [0.25, 0.3) is 5.91 Å². The van der Waals surface area contributed by atoms with Gasteiger partial charge in [0.05, 0.1) is 14.2 Å². The number of likely N-dealkylation sites (N-methyl/N-ethyl adjacent to an activating group) is 1. The van der Waals surface area contributed by atoms with Crippen molar-refractivity contribution in [1.82, 2.24) is 9.80 Å². The van der Waals surface area contributed by atoms with Gasteiger partial charge in [-0.3, -0.25) is 9.59 Å². The normalized spacial score (nSPS) is 17.1. The van der Waals surface area contributed by atoms with E-state index in [0.29, 0.717) is 55.0 Å². The molecular formula is C27H32F2N2O4. The number of benzene rings is 2. The van der Waals surface area contributed by atoms with Crippen molar-refractivity contribution in [3.05, 3.63) is 59.2 Å². The van der Waals surface area contributed by atoms with Crippen LogP contribution in [0.25, 0.3) is 0 Å². The molecule has 188 valence electrons. The van der Waals surface area contributed by atoms with Crippen molar-refractivity contribution in [2.24, 2.45) is 11.8 Å². The average Bonchev–Trinajstić information content (AvgIpc) is 3.72. The quantitative estimate of drug-likeness (QED) is 0.558. The fraction of sp³-hybridized carbons (Fsp3) is 0.481. The summed E-state index contributed by atoms with van der Waals surface area (Å²) < 4.78 is 38.7. The Balaban J connectivity index is 1.51. The summed E-state index contributed by atoms with van der Waals surface area (Å²) in [7, 11) is 4.82. The number of rotatable bonds is 8. The minimum absolute atomic E-state index is 0.0419. The minimum atomic E-state index is -0.621. The summed E-state index contributed by atoms with van der Waals surface area (Å²) in [6.07, 6.45) is 3.40. The zero-order chi connectivity index (χ0) is 25.1. The van der Waals surface area contributed by atoms with Crippen LogP contribution in [0.2, 0.25) is 0 Å². The van der Waals surface area contributed by atoms with Crippen LogP contribution in [0.5, 0.6) is 11.5 Å². The first-order chi connectivity index (χ1) is 16.8. The summed E-state index contributed by atoms with van der Waals surface area (Å²) >= 11 is 0. The molecule has 0 bridgehead atoms. The molecule has 2 fully saturated rings. The van der Waals surface area contributed by atoms with Gasteiger partial charge in [0.2, 0.25) is 5.91 Å². The summed E-state index contributed by atoms with van der Waals surface area (Å²) in [4.78, 5) is 29.8. The van der Waals surface area contributed by atoms with E-state index in [0.717, 1.165) is 18.9 Å². The maximum absolute atomic E-state index is 14.5. The minimum Gasteiger partial charge on any atom is -0.496 e. The third-order valence-corrected chi connectivity index (χ3v) is 7.23. The van der Waals surface area contributed by atoms with E-state index in [-0.39, 0.29) is 29.7 Å². The second-order valence-corrected chi connectivity index (χ2v) is 9.40.